The number of methoxy groups -OCH3 is 1. The third kappa shape index (κ3) is 3.64. The Morgan fingerprint density at radius 3 is 2.50 bits per heavy atom. The summed E-state index contributed by atoms with van der Waals surface area (Å²) in [6.45, 7) is 3.49. The van der Waals surface area contributed by atoms with Gasteiger partial charge in [0.15, 0.2) is 0 Å². The van der Waals surface area contributed by atoms with Crippen LogP contribution in [0, 0.1) is 11.3 Å². The molecule has 0 saturated carbocycles. The summed E-state index contributed by atoms with van der Waals surface area (Å²) in [5.74, 6) is 0.182. The summed E-state index contributed by atoms with van der Waals surface area (Å²) < 4.78 is 10.2. The highest BCUT2D eigenvalue weighted by atomic mass is 16.5. The van der Waals surface area contributed by atoms with Crippen LogP contribution in [-0.2, 0) is 9.53 Å². The first kappa shape index (κ1) is 15.6. The predicted octanol–water partition coefficient (Wildman–Crippen LogP) is 3.71. The van der Waals surface area contributed by atoms with Crippen LogP contribution in [0.25, 0.3) is 16.8 Å². The van der Waals surface area contributed by atoms with Crippen LogP contribution in [0.3, 0.4) is 0 Å². The summed E-state index contributed by atoms with van der Waals surface area (Å²) in [5.41, 5.74) is 0.761. The normalized spacial score (nSPS) is 11.3. The molecular weight excluding hydrogens is 278 g/mol. The van der Waals surface area contributed by atoms with E-state index in [1.807, 2.05) is 42.5 Å². The van der Waals surface area contributed by atoms with Crippen molar-refractivity contribution in [2.24, 2.45) is 0 Å². The van der Waals surface area contributed by atoms with E-state index in [4.69, 9.17) is 14.7 Å². The highest BCUT2D eigenvalue weighted by Gasteiger charge is 2.12. The topological polar surface area (TPSA) is 59.3 Å². The van der Waals surface area contributed by atoms with Crippen LogP contribution in [0.1, 0.15) is 19.4 Å². The molecule has 112 valence electrons. The zero-order valence-electron chi connectivity index (χ0n) is 12.8. The molecule has 0 radical (unpaired) electrons. The SMILES string of the molecule is COc1ccc2cc(C=C(C#N)C(=O)OC(C)C)ccc2c1. The molecule has 0 aliphatic heterocycles. The third-order valence-corrected chi connectivity index (χ3v) is 3.07. The van der Waals surface area contributed by atoms with Crippen molar-refractivity contribution in [3.63, 3.8) is 0 Å². The van der Waals surface area contributed by atoms with Gasteiger partial charge in [0.2, 0.25) is 0 Å². The van der Waals surface area contributed by atoms with Crippen molar-refractivity contribution < 1.29 is 14.3 Å². The van der Waals surface area contributed by atoms with Crippen LogP contribution < -0.4 is 4.74 Å². The molecule has 0 spiro atoms. The van der Waals surface area contributed by atoms with Gasteiger partial charge in [-0.25, -0.2) is 4.79 Å². The van der Waals surface area contributed by atoms with Gasteiger partial charge in [-0.1, -0.05) is 18.2 Å². The Morgan fingerprint density at radius 1 is 1.18 bits per heavy atom. The molecule has 0 amide bonds. The lowest BCUT2D eigenvalue weighted by Gasteiger charge is -2.07. The summed E-state index contributed by atoms with van der Waals surface area (Å²) in [5, 5.41) is 11.1. The summed E-state index contributed by atoms with van der Waals surface area (Å²) >= 11 is 0. The van der Waals surface area contributed by atoms with E-state index in [0.717, 1.165) is 22.1 Å². The second kappa shape index (κ2) is 6.77. The standard InChI is InChI=1S/C18H17NO3/c1-12(2)22-18(20)16(11-19)9-13-4-5-15-10-17(21-3)7-6-14(15)8-13/h4-10,12H,1-3H3. The van der Waals surface area contributed by atoms with Gasteiger partial charge in [0.05, 0.1) is 13.2 Å². The lowest BCUT2D eigenvalue weighted by Crippen LogP contribution is -2.12. The van der Waals surface area contributed by atoms with Crippen molar-refractivity contribution in [3.05, 3.63) is 47.5 Å². The van der Waals surface area contributed by atoms with Crippen molar-refractivity contribution in [2.75, 3.05) is 7.11 Å². The van der Waals surface area contributed by atoms with Gasteiger partial charge >= 0.3 is 5.97 Å². The zero-order valence-corrected chi connectivity index (χ0v) is 12.8. The minimum Gasteiger partial charge on any atom is -0.497 e. The molecule has 0 N–H and O–H groups in total. The summed E-state index contributed by atoms with van der Waals surface area (Å²) in [6.07, 6.45) is 1.28. The van der Waals surface area contributed by atoms with Gasteiger partial charge in [-0.2, -0.15) is 5.26 Å². The van der Waals surface area contributed by atoms with Crippen molar-refractivity contribution >= 4 is 22.8 Å². The zero-order chi connectivity index (χ0) is 16.1. The van der Waals surface area contributed by atoms with Gasteiger partial charge < -0.3 is 9.47 Å². The first-order valence-electron chi connectivity index (χ1n) is 6.94. The number of carbonyl (C=O) groups is 1. The first-order valence-corrected chi connectivity index (χ1v) is 6.94. The molecule has 0 aliphatic carbocycles. The molecule has 0 heterocycles. The van der Waals surface area contributed by atoms with Crippen LogP contribution >= 0.6 is 0 Å². The van der Waals surface area contributed by atoms with E-state index in [9.17, 15) is 4.79 Å². The minimum atomic E-state index is -0.604. The first-order chi connectivity index (χ1) is 10.5. The maximum Gasteiger partial charge on any atom is 0.349 e. The number of ether oxygens (including phenoxy) is 2. The molecule has 4 heteroatoms. The number of fused-ring (bicyclic) bond motifs is 1. The Kier molecular flexibility index (Phi) is 4.80. The molecule has 0 unspecified atom stereocenters. The molecule has 2 aromatic rings. The molecule has 0 aromatic heterocycles. The van der Waals surface area contributed by atoms with E-state index in [1.165, 1.54) is 6.08 Å². The number of nitrogens with zero attached hydrogens (tertiary/aromatic N) is 1. The molecule has 4 nitrogen and oxygen atoms in total. The van der Waals surface area contributed by atoms with Gasteiger partial charge in [-0.05, 0) is 54.5 Å². The molecule has 2 aromatic carbocycles. The van der Waals surface area contributed by atoms with Gasteiger partial charge in [-0.3, -0.25) is 0 Å². The van der Waals surface area contributed by atoms with E-state index in [1.54, 1.807) is 21.0 Å². The number of hydrogen-bond donors (Lipinski definition) is 0. The summed E-state index contributed by atoms with van der Waals surface area (Å²) in [7, 11) is 1.62. The molecule has 0 aliphatic rings. The average molecular weight is 295 g/mol. The van der Waals surface area contributed by atoms with Gasteiger partial charge in [-0.15, -0.1) is 0 Å². The minimum absolute atomic E-state index is 0.0124. The van der Waals surface area contributed by atoms with Crippen LogP contribution in [-0.4, -0.2) is 19.2 Å². The van der Waals surface area contributed by atoms with Gasteiger partial charge in [0.25, 0.3) is 0 Å². The van der Waals surface area contributed by atoms with E-state index in [0.29, 0.717) is 0 Å². The third-order valence-electron chi connectivity index (χ3n) is 3.07. The Labute approximate surface area is 129 Å². The largest absolute Gasteiger partial charge is 0.497 e. The number of esters is 1. The molecule has 0 bridgehead atoms. The fourth-order valence-electron chi connectivity index (χ4n) is 2.04. The summed E-state index contributed by atoms with van der Waals surface area (Å²) in [4.78, 5) is 11.8. The number of benzene rings is 2. The maximum absolute atomic E-state index is 11.8. The second-order valence-corrected chi connectivity index (χ2v) is 5.10. The highest BCUT2D eigenvalue weighted by molar-refractivity contribution is 5.98. The van der Waals surface area contributed by atoms with E-state index in [-0.39, 0.29) is 11.7 Å². The molecular formula is C18H17NO3. The molecule has 0 fully saturated rings. The molecule has 2 rings (SSSR count). The lowest BCUT2D eigenvalue weighted by atomic mass is 10.0. The Balaban J connectivity index is 2.35. The van der Waals surface area contributed by atoms with E-state index in [2.05, 4.69) is 0 Å². The summed E-state index contributed by atoms with van der Waals surface area (Å²) in [6, 6.07) is 13.3. The number of hydrogen-bond acceptors (Lipinski definition) is 4. The van der Waals surface area contributed by atoms with E-state index < -0.39 is 5.97 Å². The van der Waals surface area contributed by atoms with Crippen molar-refractivity contribution in [1.29, 1.82) is 5.26 Å². The maximum atomic E-state index is 11.8. The van der Waals surface area contributed by atoms with Crippen LogP contribution in [0.15, 0.2) is 42.0 Å². The van der Waals surface area contributed by atoms with Crippen LogP contribution in [0.5, 0.6) is 5.75 Å². The van der Waals surface area contributed by atoms with Crippen LogP contribution in [0.4, 0.5) is 0 Å². The average Bonchev–Trinajstić information content (AvgIpc) is 2.51. The second-order valence-electron chi connectivity index (χ2n) is 5.10. The smallest absolute Gasteiger partial charge is 0.349 e. The monoisotopic (exact) mass is 295 g/mol. The van der Waals surface area contributed by atoms with Gasteiger partial charge in [0, 0.05) is 0 Å². The van der Waals surface area contributed by atoms with Crippen molar-refractivity contribution in [2.45, 2.75) is 20.0 Å². The Morgan fingerprint density at radius 2 is 1.86 bits per heavy atom. The highest BCUT2D eigenvalue weighted by Crippen LogP contribution is 2.23. The number of nitriles is 1. The lowest BCUT2D eigenvalue weighted by molar-refractivity contribution is -0.142. The number of carbonyl (C=O) groups excluding carboxylic acids is 1. The molecule has 0 saturated heterocycles. The van der Waals surface area contributed by atoms with Gasteiger partial charge in [0.1, 0.15) is 17.4 Å². The fourth-order valence-corrected chi connectivity index (χ4v) is 2.04. The van der Waals surface area contributed by atoms with Crippen molar-refractivity contribution in [3.8, 4) is 11.8 Å². The van der Waals surface area contributed by atoms with Crippen molar-refractivity contribution in [1.82, 2.24) is 0 Å². The molecule has 0 atom stereocenters. The Hall–Kier alpha value is -2.80. The quantitative estimate of drug-likeness (QED) is 0.490. The Bertz CT molecular complexity index is 769. The molecule has 22 heavy (non-hydrogen) atoms. The van der Waals surface area contributed by atoms with Crippen LogP contribution in [0.2, 0.25) is 0 Å². The fraction of sp³-hybridized carbons (Fsp3) is 0.222. The number of rotatable bonds is 4. The predicted molar refractivity (Wildman–Crippen MR) is 85.3 cm³/mol. The van der Waals surface area contributed by atoms with E-state index >= 15 is 0 Å².